The van der Waals surface area contributed by atoms with Crippen molar-refractivity contribution >= 4 is 5.78 Å². The van der Waals surface area contributed by atoms with Gasteiger partial charge in [-0.25, -0.2) is 0 Å². The molecule has 0 bridgehead atoms. The zero-order chi connectivity index (χ0) is 14.0. The zero-order valence-corrected chi connectivity index (χ0v) is 12.4. The Balaban J connectivity index is 2.35. The van der Waals surface area contributed by atoms with Gasteiger partial charge >= 0.3 is 0 Å². The average Bonchev–Trinajstić information content (AvgIpc) is 2.90. The van der Waals surface area contributed by atoms with Crippen molar-refractivity contribution in [3.05, 3.63) is 34.9 Å². The highest BCUT2D eigenvalue weighted by atomic mass is 16.5. The maximum absolute atomic E-state index is 12.5. The number of rotatable bonds is 4. The molecule has 0 amide bonds. The molecule has 2 rings (SSSR count). The summed E-state index contributed by atoms with van der Waals surface area (Å²) in [4.78, 5) is 12.5. The Morgan fingerprint density at radius 1 is 1.21 bits per heavy atom. The molecule has 1 aliphatic heterocycles. The van der Waals surface area contributed by atoms with Gasteiger partial charge < -0.3 is 4.74 Å². The van der Waals surface area contributed by atoms with E-state index in [4.69, 9.17) is 4.74 Å². The molecule has 104 valence electrons. The van der Waals surface area contributed by atoms with Gasteiger partial charge in [0.1, 0.15) is 6.10 Å². The van der Waals surface area contributed by atoms with E-state index in [1.54, 1.807) is 0 Å². The molecule has 2 heteroatoms. The summed E-state index contributed by atoms with van der Waals surface area (Å²) in [5, 5.41) is 0. The molecule has 19 heavy (non-hydrogen) atoms. The van der Waals surface area contributed by atoms with Crippen LogP contribution in [-0.2, 0) is 4.74 Å². The number of hydrogen-bond donors (Lipinski definition) is 0. The fourth-order valence-electron chi connectivity index (χ4n) is 2.60. The second-order valence-electron chi connectivity index (χ2n) is 6.02. The van der Waals surface area contributed by atoms with Gasteiger partial charge in [0.25, 0.3) is 0 Å². The number of ether oxygens (including phenoxy) is 1. The molecule has 0 radical (unpaired) electrons. The topological polar surface area (TPSA) is 26.3 Å². The van der Waals surface area contributed by atoms with Crippen molar-refractivity contribution in [1.29, 1.82) is 0 Å². The number of hydrogen-bond acceptors (Lipinski definition) is 2. The maximum Gasteiger partial charge on any atom is 0.191 e. The summed E-state index contributed by atoms with van der Waals surface area (Å²) < 4.78 is 5.53. The molecule has 1 unspecified atom stereocenters. The number of benzene rings is 1. The van der Waals surface area contributed by atoms with Gasteiger partial charge in [-0.05, 0) is 35.8 Å². The molecule has 1 atom stereocenters. The largest absolute Gasteiger partial charge is 0.370 e. The maximum atomic E-state index is 12.5. The minimum Gasteiger partial charge on any atom is -0.370 e. The summed E-state index contributed by atoms with van der Waals surface area (Å²) in [6, 6.07) is 6.27. The van der Waals surface area contributed by atoms with E-state index < -0.39 is 0 Å². The van der Waals surface area contributed by atoms with Crippen molar-refractivity contribution in [3.8, 4) is 0 Å². The Kier molecular flexibility index (Phi) is 4.41. The molecule has 0 aliphatic carbocycles. The molecular formula is C17H24O2. The van der Waals surface area contributed by atoms with Crippen LogP contribution >= 0.6 is 0 Å². The van der Waals surface area contributed by atoms with E-state index in [1.165, 1.54) is 5.56 Å². The van der Waals surface area contributed by atoms with Crippen LogP contribution in [0.15, 0.2) is 18.2 Å². The second kappa shape index (κ2) is 5.87. The van der Waals surface area contributed by atoms with Crippen molar-refractivity contribution in [3.63, 3.8) is 0 Å². The van der Waals surface area contributed by atoms with Crippen LogP contribution in [-0.4, -0.2) is 18.5 Å². The molecule has 1 aromatic rings. The Bertz CT molecular complexity index is 454. The summed E-state index contributed by atoms with van der Waals surface area (Å²) in [7, 11) is 0. The van der Waals surface area contributed by atoms with Crippen molar-refractivity contribution in [1.82, 2.24) is 0 Å². The highest BCUT2D eigenvalue weighted by Gasteiger charge is 2.27. The second-order valence-corrected chi connectivity index (χ2v) is 6.02. The van der Waals surface area contributed by atoms with E-state index in [0.29, 0.717) is 11.8 Å². The standard InChI is InChI=1S/C17H24O2/c1-11(2)13-7-8-14(15(10-13)12(3)4)17(18)16-6-5-9-19-16/h7-8,10-12,16H,5-6,9H2,1-4H3. The average molecular weight is 260 g/mol. The van der Waals surface area contributed by atoms with E-state index in [1.807, 2.05) is 6.07 Å². The smallest absolute Gasteiger partial charge is 0.191 e. The third-order valence-electron chi connectivity index (χ3n) is 3.85. The van der Waals surface area contributed by atoms with Gasteiger partial charge in [0.15, 0.2) is 5.78 Å². The zero-order valence-electron chi connectivity index (χ0n) is 12.4. The van der Waals surface area contributed by atoms with Crippen LogP contribution < -0.4 is 0 Å². The Labute approximate surface area is 116 Å². The highest BCUT2D eigenvalue weighted by molar-refractivity contribution is 6.01. The SMILES string of the molecule is CC(C)c1ccc(C(=O)C2CCCO2)c(C(C)C)c1. The molecule has 1 fully saturated rings. The number of Topliss-reactive ketones (excluding diaryl/α,β-unsaturated/α-hetero) is 1. The molecule has 1 heterocycles. The Morgan fingerprint density at radius 2 is 1.95 bits per heavy atom. The molecule has 0 saturated carbocycles. The van der Waals surface area contributed by atoms with Gasteiger partial charge in [0.05, 0.1) is 0 Å². The Hall–Kier alpha value is -1.15. The predicted molar refractivity (Wildman–Crippen MR) is 77.9 cm³/mol. The summed E-state index contributed by atoms with van der Waals surface area (Å²) in [5.74, 6) is 1.01. The lowest BCUT2D eigenvalue weighted by molar-refractivity contribution is 0.0641. The fraction of sp³-hybridized carbons (Fsp3) is 0.588. The van der Waals surface area contributed by atoms with E-state index in [9.17, 15) is 4.79 Å². The Morgan fingerprint density at radius 3 is 2.47 bits per heavy atom. The third kappa shape index (κ3) is 3.06. The first-order chi connectivity index (χ1) is 9.00. The molecule has 0 aromatic heterocycles. The van der Waals surface area contributed by atoms with Gasteiger partial charge in [-0.1, -0.05) is 45.9 Å². The molecule has 1 aliphatic rings. The first-order valence-corrected chi connectivity index (χ1v) is 7.30. The van der Waals surface area contributed by atoms with Crippen molar-refractivity contribution < 1.29 is 9.53 Å². The normalized spacial score (nSPS) is 19.4. The first kappa shape index (κ1) is 14.3. The summed E-state index contributed by atoms with van der Waals surface area (Å²) >= 11 is 0. The first-order valence-electron chi connectivity index (χ1n) is 7.30. The fourth-order valence-corrected chi connectivity index (χ4v) is 2.60. The van der Waals surface area contributed by atoms with Gasteiger partial charge in [-0.2, -0.15) is 0 Å². The lowest BCUT2D eigenvalue weighted by atomic mass is 9.88. The van der Waals surface area contributed by atoms with Crippen molar-refractivity contribution in [2.24, 2.45) is 0 Å². The monoisotopic (exact) mass is 260 g/mol. The highest BCUT2D eigenvalue weighted by Crippen LogP contribution is 2.27. The van der Waals surface area contributed by atoms with Gasteiger partial charge in [-0.3, -0.25) is 4.79 Å². The molecule has 1 aromatic carbocycles. The summed E-state index contributed by atoms with van der Waals surface area (Å²) in [5.41, 5.74) is 3.31. The quantitative estimate of drug-likeness (QED) is 0.755. The molecule has 2 nitrogen and oxygen atoms in total. The molecule has 0 N–H and O–H groups in total. The predicted octanol–water partition coefficient (Wildman–Crippen LogP) is 4.30. The number of ketones is 1. The lowest BCUT2D eigenvalue weighted by Gasteiger charge is -2.17. The van der Waals surface area contributed by atoms with Gasteiger partial charge in [0, 0.05) is 12.2 Å². The minimum absolute atomic E-state index is 0.163. The van der Waals surface area contributed by atoms with E-state index >= 15 is 0 Å². The summed E-state index contributed by atoms with van der Waals surface area (Å²) in [6.45, 7) is 9.37. The molecule has 0 spiro atoms. The molecule has 1 saturated heterocycles. The number of carbonyl (C=O) groups excluding carboxylic acids is 1. The number of carbonyl (C=O) groups is 1. The van der Waals surface area contributed by atoms with Crippen LogP contribution in [0.3, 0.4) is 0 Å². The van der Waals surface area contributed by atoms with Crippen LogP contribution in [0.25, 0.3) is 0 Å². The van der Waals surface area contributed by atoms with E-state index in [2.05, 4.69) is 39.8 Å². The molecular weight excluding hydrogens is 236 g/mol. The van der Waals surface area contributed by atoms with Gasteiger partial charge in [-0.15, -0.1) is 0 Å². The van der Waals surface area contributed by atoms with Crippen LogP contribution in [0, 0.1) is 0 Å². The summed E-state index contributed by atoms with van der Waals surface area (Å²) in [6.07, 6.45) is 1.64. The lowest BCUT2D eigenvalue weighted by Crippen LogP contribution is -2.21. The van der Waals surface area contributed by atoms with Crippen LogP contribution in [0.4, 0.5) is 0 Å². The van der Waals surface area contributed by atoms with E-state index in [-0.39, 0.29) is 11.9 Å². The minimum atomic E-state index is -0.220. The van der Waals surface area contributed by atoms with Crippen LogP contribution in [0.1, 0.15) is 73.9 Å². The van der Waals surface area contributed by atoms with Crippen molar-refractivity contribution in [2.75, 3.05) is 6.61 Å². The van der Waals surface area contributed by atoms with Crippen LogP contribution in [0.5, 0.6) is 0 Å². The third-order valence-corrected chi connectivity index (χ3v) is 3.85. The van der Waals surface area contributed by atoms with E-state index in [0.717, 1.165) is 30.6 Å². The van der Waals surface area contributed by atoms with Crippen LogP contribution in [0.2, 0.25) is 0 Å². The van der Waals surface area contributed by atoms with Crippen molar-refractivity contribution in [2.45, 2.75) is 58.5 Å². The van der Waals surface area contributed by atoms with Gasteiger partial charge in [0.2, 0.25) is 0 Å².